The van der Waals surface area contributed by atoms with E-state index in [1.54, 1.807) is 25.3 Å². The number of likely N-dealkylation sites (N-methyl/N-ethyl adjacent to an activating group) is 2. The average Bonchev–Trinajstić information content (AvgIpc) is 3.88. The Hall–Kier alpha value is -4.99. The molecule has 2 aliphatic heterocycles. The van der Waals surface area contributed by atoms with Gasteiger partial charge >= 0.3 is 18.4 Å². The van der Waals surface area contributed by atoms with Crippen molar-refractivity contribution < 1.29 is 33.5 Å². The summed E-state index contributed by atoms with van der Waals surface area (Å²) in [6.07, 6.45) is 2.74. The van der Waals surface area contributed by atoms with Crippen molar-refractivity contribution in [2.24, 2.45) is 11.8 Å². The van der Waals surface area contributed by atoms with Gasteiger partial charge in [0.2, 0.25) is 0 Å². The average molecular weight is 722 g/mol. The Morgan fingerprint density at radius 2 is 1.58 bits per heavy atom. The maximum atomic E-state index is 12.3. The van der Waals surface area contributed by atoms with Gasteiger partial charge in [0.05, 0.1) is 23.4 Å². The number of hydrogen-bond donors (Lipinski definition) is 3. The summed E-state index contributed by atoms with van der Waals surface area (Å²) in [6, 6.07) is 1.25. The molecule has 1 amide bonds. The molecular weight excluding hydrogens is 660 g/mol. The maximum Gasteiger partial charge on any atom is 0.387 e. The number of aromatic nitrogens is 6. The van der Waals surface area contributed by atoms with Gasteiger partial charge in [-0.2, -0.15) is 0 Å². The zero-order valence-electron chi connectivity index (χ0n) is 42.1. The van der Waals surface area contributed by atoms with Gasteiger partial charge in [-0.25, -0.2) is 37.9 Å². The van der Waals surface area contributed by atoms with E-state index in [0.29, 0.717) is 36.0 Å². The van der Waals surface area contributed by atoms with Crippen LogP contribution < -0.4 is 15.1 Å². The fraction of sp³-hybridized carbons (Fsp3) is 0.529. The summed E-state index contributed by atoms with van der Waals surface area (Å²) in [5.41, 5.74) is 0.597. The number of amides is 1. The molecule has 0 unspecified atom stereocenters. The molecular formula is C34H47ClN12O3. The van der Waals surface area contributed by atoms with Crippen LogP contribution in [-0.4, -0.2) is 120 Å². The molecule has 3 N–H and O–H groups in total. The summed E-state index contributed by atoms with van der Waals surface area (Å²) in [5, 5.41) is 3.85. The first-order chi connectivity index (χ1) is 30.3. The monoisotopic (exact) mass is 721 g/mol. The Balaban J connectivity index is 0.000000289. The lowest BCUT2D eigenvalue weighted by molar-refractivity contribution is -0.140. The van der Waals surface area contributed by atoms with Crippen LogP contribution in [0, 0.1) is 25.0 Å². The number of esters is 1. The van der Waals surface area contributed by atoms with E-state index in [-0.39, 0.29) is 56.2 Å². The third-order valence-electron chi connectivity index (χ3n) is 7.80. The van der Waals surface area contributed by atoms with Crippen LogP contribution in [-0.2, 0) is 14.3 Å². The molecule has 4 aromatic heterocycles. The molecule has 0 spiro atoms. The number of likely N-dealkylation sites (tertiary alicyclic amines) is 1. The Morgan fingerprint density at radius 3 is 2.14 bits per heavy atom. The lowest BCUT2D eigenvalue weighted by Crippen LogP contribution is -2.53. The van der Waals surface area contributed by atoms with E-state index in [1.165, 1.54) is 11.1 Å². The zero-order chi connectivity index (χ0) is 49.1. The van der Waals surface area contributed by atoms with Crippen molar-refractivity contribution in [1.82, 2.24) is 40.1 Å². The van der Waals surface area contributed by atoms with Gasteiger partial charge in [0.15, 0.2) is 0 Å². The third kappa shape index (κ3) is 9.80. The van der Waals surface area contributed by atoms with E-state index in [9.17, 15) is 9.59 Å². The highest BCUT2D eigenvalue weighted by molar-refractivity contribution is 5.88. The topological polar surface area (TPSA) is 157 Å². The summed E-state index contributed by atoms with van der Waals surface area (Å²) < 4.78 is 121. The summed E-state index contributed by atoms with van der Waals surface area (Å²) in [4.78, 5) is 53.2. The fourth-order valence-corrected chi connectivity index (χ4v) is 5.29. The third-order valence-corrected chi connectivity index (χ3v) is 7.80. The number of ether oxygens (including phenoxy) is 1. The van der Waals surface area contributed by atoms with Crippen LogP contribution in [0.2, 0.25) is 0 Å². The lowest BCUT2D eigenvalue weighted by Gasteiger charge is -2.41. The van der Waals surface area contributed by atoms with Gasteiger partial charge in [-0.3, -0.25) is 4.79 Å². The second kappa shape index (κ2) is 19.3. The molecule has 2 fully saturated rings. The van der Waals surface area contributed by atoms with E-state index >= 15 is 0 Å². The SMILES string of the molecule is [2H]Cl.[2H]c1nc(N([C@H]2CN(C(=O)C[N+]#[C-])CC[C@H]2C([2H])([2H])[2H])C([2H])([2H])[2H])c2cc[nH]c2n1.[2H]c1nc(N([C@H]2CNCC[C@H]2C([2H])([2H])[2H])C([2H])([2H])[2H])c2cc[nH]c2n1.[C-]#[N+]CC(=O)OCC. The molecule has 0 aliphatic carbocycles. The number of rotatable bonds is 7. The molecule has 0 saturated carbocycles. The van der Waals surface area contributed by atoms with Crippen LogP contribution in [0.4, 0.5) is 11.6 Å². The van der Waals surface area contributed by atoms with Crippen molar-refractivity contribution in [3.05, 3.63) is 60.0 Å². The number of hydrogen-bond acceptors (Lipinski definition) is 10. The van der Waals surface area contributed by atoms with Crippen molar-refractivity contribution >= 4 is 57.9 Å². The number of piperidine rings is 2. The summed E-state index contributed by atoms with van der Waals surface area (Å²) >= 11 is 3.89. The first kappa shape index (κ1) is 22.7. The van der Waals surface area contributed by atoms with Gasteiger partial charge in [0, 0.05) is 68.5 Å². The van der Waals surface area contributed by atoms with Crippen molar-refractivity contribution in [3.63, 3.8) is 0 Å². The Kier molecular flexibility index (Phi) is 8.73. The first-order valence-electron chi connectivity index (χ1n) is 22.7. The second-order valence-electron chi connectivity index (χ2n) is 10.9. The van der Waals surface area contributed by atoms with Crippen LogP contribution >= 0.6 is 12.3 Å². The number of H-pyrrole nitrogens is 2. The van der Waals surface area contributed by atoms with Crippen molar-refractivity contribution in [3.8, 4) is 0 Å². The Bertz CT molecular complexity index is 2290. The van der Waals surface area contributed by atoms with Crippen molar-refractivity contribution in [2.75, 3.05) is 69.6 Å². The number of carbonyl (C=O) groups excluding carboxylic acids is 2. The van der Waals surface area contributed by atoms with Crippen LogP contribution in [0.5, 0.6) is 0 Å². The molecule has 0 radical (unpaired) electrons. The molecule has 0 bridgehead atoms. The molecule has 16 heteroatoms. The standard InChI is InChI=1S/C16H20N6O.C13H19N5.C5H7NO2.ClH/c1-11-5-7-22(14(23)8-17-2)9-13(11)21(3)16-12-4-6-18-15(12)19-10-20-16;1-9-3-5-14-7-11(9)18(2)13-10-4-6-15-12(10)16-8-17-13;1-3-8-5(7)4-6-2;/h4,6,10-11,13H,5,7-9H2,1,3H3,(H,18,19,20);4,6,8-9,11,14H,3,5,7H2,1-2H3,(H,15,16,17);3-4H2,1H3;1H/t11-,13+;9-,11+;;/m11../s1/i1D3,3D3,10D;1D3,2D3,8D;;/hD. The fourth-order valence-electron chi connectivity index (χ4n) is 5.29. The number of fused-ring (bicyclic) bond motifs is 2. The van der Waals surface area contributed by atoms with Crippen LogP contribution in [0.25, 0.3) is 31.8 Å². The quantitative estimate of drug-likeness (QED) is 0.189. The van der Waals surface area contributed by atoms with Gasteiger partial charge in [-0.1, -0.05) is 13.7 Å². The second-order valence-corrected chi connectivity index (χ2v) is 10.9. The van der Waals surface area contributed by atoms with Gasteiger partial charge in [0.1, 0.15) is 39.5 Å². The van der Waals surface area contributed by atoms with Crippen LogP contribution in [0.15, 0.2) is 37.1 Å². The van der Waals surface area contributed by atoms with Crippen LogP contribution in [0.1, 0.15) is 52.7 Å². The minimum absolute atomic E-state index is 0.0482. The molecule has 6 rings (SSSR count). The maximum absolute atomic E-state index is 12.3. The van der Waals surface area contributed by atoms with Crippen molar-refractivity contribution in [2.45, 2.75) is 45.6 Å². The van der Waals surface area contributed by atoms with E-state index in [4.69, 9.17) is 33.5 Å². The highest BCUT2D eigenvalue weighted by Gasteiger charge is 2.33. The number of halogens is 1. The van der Waals surface area contributed by atoms with Crippen molar-refractivity contribution in [1.29, 1.82) is 1.17 Å². The van der Waals surface area contributed by atoms with Gasteiger partial charge in [0.25, 0.3) is 6.54 Å². The molecule has 2 saturated heterocycles. The number of carbonyl (C=O) groups is 2. The van der Waals surface area contributed by atoms with Gasteiger partial charge in [-0.15, -0.1) is 12.3 Å². The number of anilines is 2. The Labute approximate surface area is 320 Å². The zero-order valence-corrected chi connectivity index (χ0v) is 27.9. The highest BCUT2D eigenvalue weighted by atomic mass is 35.5. The normalized spacial score (nSPS) is 25.0. The van der Waals surface area contributed by atoms with Gasteiger partial charge < -0.3 is 44.4 Å². The molecule has 268 valence electrons. The summed E-state index contributed by atoms with van der Waals surface area (Å²) in [5.74, 6) is -2.83. The first-order valence-corrected chi connectivity index (χ1v) is 15.4. The summed E-state index contributed by atoms with van der Waals surface area (Å²) in [6.45, 7) is 5.14. The number of aromatic amines is 2. The predicted molar refractivity (Wildman–Crippen MR) is 196 cm³/mol. The molecule has 2 aliphatic rings. The van der Waals surface area contributed by atoms with E-state index in [0.717, 1.165) is 9.80 Å². The molecule has 4 atom stereocenters. The predicted octanol–water partition coefficient (Wildman–Crippen LogP) is 3.83. The minimum atomic E-state index is -2.80. The lowest BCUT2D eigenvalue weighted by atomic mass is 9.92. The smallest absolute Gasteiger partial charge is 0.387 e. The summed E-state index contributed by atoms with van der Waals surface area (Å²) in [7, 11) is 0. The van der Waals surface area contributed by atoms with E-state index in [2.05, 4.69) is 62.0 Å². The minimum Gasteiger partial charge on any atom is -0.460 e. The Morgan fingerprint density at radius 1 is 0.980 bits per heavy atom. The van der Waals surface area contributed by atoms with E-state index in [1.807, 2.05) is 0 Å². The van der Waals surface area contributed by atoms with Gasteiger partial charge in [-0.05, 0) is 50.3 Å². The number of nitrogens with zero attached hydrogens (tertiary/aromatic N) is 9. The number of nitrogens with one attached hydrogen (secondary N) is 3. The largest absolute Gasteiger partial charge is 0.460 e. The van der Waals surface area contributed by atoms with E-state index < -0.39 is 76.3 Å². The highest BCUT2D eigenvalue weighted by Crippen LogP contribution is 2.29. The molecule has 50 heavy (non-hydrogen) atoms. The molecule has 15 nitrogen and oxygen atoms in total. The molecule has 6 heterocycles. The molecule has 4 aromatic rings. The van der Waals surface area contributed by atoms with Crippen LogP contribution in [0.3, 0.4) is 0 Å². The molecule has 0 aromatic carbocycles.